The number of para-hydroxylation sites is 2. The van der Waals surface area contributed by atoms with Crippen LogP contribution in [-0.2, 0) is 0 Å². The van der Waals surface area contributed by atoms with E-state index in [1.54, 1.807) is 13.2 Å². The van der Waals surface area contributed by atoms with Crippen molar-refractivity contribution in [2.24, 2.45) is 0 Å². The van der Waals surface area contributed by atoms with Crippen LogP contribution in [0.1, 0.15) is 12.8 Å². The van der Waals surface area contributed by atoms with Gasteiger partial charge in [0.15, 0.2) is 0 Å². The molecule has 0 atom stereocenters. The maximum absolute atomic E-state index is 6.23. The van der Waals surface area contributed by atoms with Gasteiger partial charge in [-0.15, -0.1) is 35.6 Å². The number of anilines is 3. The van der Waals surface area contributed by atoms with Gasteiger partial charge in [0.25, 0.3) is 0 Å². The Morgan fingerprint density at radius 3 is 2.43 bits per heavy atom. The molecular formula is C28H33Cl3N4O2. The third-order valence-electron chi connectivity index (χ3n) is 6.04. The van der Waals surface area contributed by atoms with Gasteiger partial charge < -0.3 is 25.4 Å². The second kappa shape index (κ2) is 14.3. The van der Waals surface area contributed by atoms with E-state index in [4.69, 9.17) is 43.4 Å². The summed E-state index contributed by atoms with van der Waals surface area (Å²) in [6.07, 6.45) is 1.94. The number of nitrogen functional groups attached to an aromatic ring is 1. The Bertz CT molecular complexity index is 1300. The fraction of sp³-hybridized carbons (Fsp3) is 0.321. The molecule has 1 heterocycles. The van der Waals surface area contributed by atoms with Crippen LogP contribution >= 0.6 is 35.6 Å². The molecule has 4 rings (SSSR count). The van der Waals surface area contributed by atoms with E-state index in [0.29, 0.717) is 29.8 Å². The fourth-order valence-corrected chi connectivity index (χ4v) is 4.77. The maximum Gasteiger partial charge on any atom is 0.145 e. The van der Waals surface area contributed by atoms with Crippen LogP contribution in [-0.4, -0.2) is 55.0 Å². The van der Waals surface area contributed by atoms with Gasteiger partial charge in [-0.3, -0.25) is 0 Å². The minimum atomic E-state index is 0. The van der Waals surface area contributed by atoms with Crippen molar-refractivity contribution in [1.29, 1.82) is 0 Å². The SMILES string of the molecule is COc1cc(N)cc(Nc2c3ccccc3nc3c(OCCCCN(CCCl)CCCl)cccc23)c1.Cl. The Morgan fingerprint density at radius 1 is 0.919 bits per heavy atom. The van der Waals surface area contributed by atoms with E-state index < -0.39 is 0 Å². The summed E-state index contributed by atoms with van der Waals surface area (Å²) in [6, 6.07) is 19.7. The molecule has 0 bridgehead atoms. The van der Waals surface area contributed by atoms with E-state index in [1.807, 2.05) is 42.5 Å². The van der Waals surface area contributed by atoms with E-state index in [0.717, 1.165) is 71.4 Å². The summed E-state index contributed by atoms with van der Waals surface area (Å²) >= 11 is 11.8. The predicted molar refractivity (Wildman–Crippen MR) is 160 cm³/mol. The molecule has 4 aromatic rings. The number of methoxy groups -OCH3 is 1. The Balaban J connectivity index is 0.00000380. The zero-order valence-electron chi connectivity index (χ0n) is 20.9. The maximum atomic E-state index is 6.23. The van der Waals surface area contributed by atoms with Crippen molar-refractivity contribution in [3.8, 4) is 11.5 Å². The van der Waals surface area contributed by atoms with Crippen molar-refractivity contribution in [2.45, 2.75) is 12.8 Å². The van der Waals surface area contributed by atoms with Gasteiger partial charge in [0, 0.05) is 59.1 Å². The number of fused-ring (bicyclic) bond motifs is 2. The van der Waals surface area contributed by atoms with Gasteiger partial charge in [-0.25, -0.2) is 4.98 Å². The first-order valence-corrected chi connectivity index (χ1v) is 13.2. The highest BCUT2D eigenvalue weighted by Gasteiger charge is 2.14. The summed E-state index contributed by atoms with van der Waals surface area (Å²) in [5, 5.41) is 5.55. The first kappa shape index (κ1) is 28.9. The number of benzene rings is 3. The molecule has 9 heteroatoms. The molecule has 0 spiro atoms. The van der Waals surface area contributed by atoms with Crippen molar-refractivity contribution in [3.63, 3.8) is 0 Å². The van der Waals surface area contributed by atoms with Crippen molar-refractivity contribution in [1.82, 2.24) is 9.88 Å². The Hall–Kier alpha value is -2.64. The van der Waals surface area contributed by atoms with Gasteiger partial charge >= 0.3 is 0 Å². The monoisotopic (exact) mass is 562 g/mol. The summed E-state index contributed by atoms with van der Waals surface area (Å²) in [5.41, 5.74) is 10.2. The average Bonchev–Trinajstić information content (AvgIpc) is 2.88. The normalized spacial score (nSPS) is 11.0. The molecule has 0 aliphatic heterocycles. The van der Waals surface area contributed by atoms with Crippen LogP contribution in [0.2, 0.25) is 0 Å². The van der Waals surface area contributed by atoms with Gasteiger partial charge in [0.1, 0.15) is 17.0 Å². The summed E-state index contributed by atoms with van der Waals surface area (Å²) in [5.74, 6) is 2.69. The molecule has 0 amide bonds. The predicted octanol–water partition coefficient (Wildman–Crippen LogP) is 7.08. The number of nitrogens with one attached hydrogen (secondary N) is 1. The lowest BCUT2D eigenvalue weighted by Gasteiger charge is -2.20. The number of nitrogens with two attached hydrogens (primary N) is 1. The average molecular weight is 564 g/mol. The number of pyridine rings is 1. The van der Waals surface area contributed by atoms with Crippen molar-refractivity contribution >= 4 is 74.5 Å². The van der Waals surface area contributed by atoms with Crippen LogP contribution in [0.4, 0.5) is 17.1 Å². The van der Waals surface area contributed by atoms with E-state index in [2.05, 4.69) is 22.3 Å². The zero-order valence-corrected chi connectivity index (χ0v) is 23.2. The number of halogens is 3. The van der Waals surface area contributed by atoms with Gasteiger partial charge in [-0.05, 0) is 37.6 Å². The van der Waals surface area contributed by atoms with Crippen LogP contribution in [0.5, 0.6) is 11.5 Å². The lowest BCUT2D eigenvalue weighted by Crippen LogP contribution is -2.29. The van der Waals surface area contributed by atoms with E-state index in [-0.39, 0.29) is 12.4 Å². The molecule has 3 aromatic carbocycles. The molecule has 0 aliphatic carbocycles. The molecule has 37 heavy (non-hydrogen) atoms. The molecule has 6 nitrogen and oxygen atoms in total. The number of aromatic nitrogens is 1. The van der Waals surface area contributed by atoms with Gasteiger partial charge in [0.05, 0.1) is 24.9 Å². The molecule has 0 unspecified atom stereocenters. The molecule has 198 valence electrons. The molecule has 1 aromatic heterocycles. The number of hydrogen-bond donors (Lipinski definition) is 2. The Morgan fingerprint density at radius 2 is 1.68 bits per heavy atom. The van der Waals surface area contributed by atoms with Crippen LogP contribution < -0.4 is 20.5 Å². The minimum absolute atomic E-state index is 0. The van der Waals surface area contributed by atoms with E-state index in [1.165, 1.54) is 0 Å². The molecule has 0 fully saturated rings. The first-order chi connectivity index (χ1) is 17.6. The fourth-order valence-electron chi connectivity index (χ4n) is 4.29. The smallest absolute Gasteiger partial charge is 0.145 e. The largest absolute Gasteiger partial charge is 0.497 e. The molecule has 3 N–H and O–H groups in total. The molecule has 0 aliphatic rings. The second-order valence-electron chi connectivity index (χ2n) is 8.55. The highest BCUT2D eigenvalue weighted by atomic mass is 35.5. The van der Waals surface area contributed by atoms with Crippen LogP contribution in [0.25, 0.3) is 21.8 Å². The standard InChI is InChI=1S/C28H32Cl2N4O2.ClH/c1-35-22-18-20(31)17-21(19-22)32-27-23-7-2-3-9-25(23)33-28-24(27)8-6-10-26(28)36-16-5-4-13-34(14-11-29)15-12-30;/h2-3,6-10,17-19H,4-5,11-16,31H2,1H3,(H,32,33);1H. The van der Waals surface area contributed by atoms with Gasteiger partial charge in [-0.1, -0.05) is 30.3 Å². The second-order valence-corrected chi connectivity index (χ2v) is 9.31. The van der Waals surface area contributed by atoms with Crippen molar-refractivity contribution < 1.29 is 9.47 Å². The van der Waals surface area contributed by atoms with Crippen molar-refractivity contribution in [2.75, 3.05) is 56.2 Å². The first-order valence-electron chi connectivity index (χ1n) is 12.1. The van der Waals surface area contributed by atoms with Gasteiger partial charge in [0.2, 0.25) is 0 Å². The Kier molecular flexibility index (Phi) is 11.2. The summed E-state index contributed by atoms with van der Waals surface area (Å²) < 4.78 is 11.6. The lowest BCUT2D eigenvalue weighted by atomic mass is 10.1. The van der Waals surface area contributed by atoms with Gasteiger partial charge in [-0.2, -0.15) is 0 Å². The minimum Gasteiger partial charge on any atom is -0.497 e. The quantitative estimate of drug-likeness (QED) is 0.0783. The van der Waals surface area contributed by atoms with E-state index in [9.17, 15) is 0 Å². The van der Waals surface area contributed by atoms with Crippen LogP contribution in [0.3, 0.4) is 0 Å². The number of hydrogen-bond acceptors (Lipinski definition) is 6. The lowest BCUT2D eigenvalue weighted by molar-refractivity contribution is 0.269. The van der Waals surface area contributed by atoms with Crippen LogP contribution in [0, 0.1) is 0 Å². The molecular weight excluding hydrogens is 531 g/mol. The summed E-state index contributed by atoms with van der Waals surface area (Å²) in [4.78, 5) is 7.24. The van der Waals surface area contributed by atoms with Crippen LogP contribution in [0.15, 0.2) is 60.7 Å². The number of alkyl halides is 2. The summed E-state index contributed by atoms with van der Waals surface area (Å²) in [7, 11) is 1.63. The number of ether oxygens (including phenoxy) is 2. The third-order valence-corrected chi connectivity index (χ3v) is 6.37. The number of unbranched alkanes of at least 4 members (excludes halogenated alkanes) is 1. The number of nitrogens with zero attached hydrogens (tertiary/aromatic N) is 2. The highest BCUT2D eigenvalue weighted by Crippen LogP contribution is 2.37. The highest BCUT2D eigenvalue weighted by molar-refractivity contribution is 6.18. The topological polar surface area (TPSA) is 72.6 Å². The van der Waals surface area contributed by atoms with E-state index >= 15 is 0 Å². The Labute approximate surface area is 234 Å². The summed E-state index contributed by atoms with van der Waals surface area (Å²) in [6.45, 7) is 3.27. The molecule has 0 saturated carbocycles. The third kappa shape index (κ3) is 7.45. The zero-order chi connectivity index (χ0) is 25.3. The number of rotatable bonds is 13. The molecule has 0 saturated heterocycles. The van der Waals surface area contributed by atoms with Crippen molar-refractivity contribution in [3.05, 3.63) is 60.7 Å². The molecule has 0 radical (unpaired) electrons.